The maximum Gasteiger partial charge on any atom is 0.335 e. The minimum Gasteiger partial charge on any atom is -0.496 e. The van der Waals surface area contributed by atoms with Gasteiger partial charge in [-0.15, -0.1) is 0 Å². The lowest BCUT2D eigenvalue weighted by atomic mass is 9.98. The maximum atomic E-state index is 14.3. The van der Waals surface area contributed by atoms with Crippen LogP contribution >= 0.6 is 0 Å². The van der Waals surface area contributed by atoms with Crippen molar-refractivity contribution in [3.8, 4) is 5.75 Å². The molecule has 0 amide bonds. The lowest BCUT2D eigenvalue weighted by molar-refractivity contribution is -0.662. The van der Waals surface area contributed by atoms with E-state index in [0.717, 1.165) is 33.3 Å². The van der Waals surface area contributed by atoms with Crippen molar-refractivity contribution in [2.45, 2.75) is 44.7 Å². The van der Waals surface area contributed by atoms with E-state index in [2.05, 4.69) is 9.88 Å². The highest BCUT2D eigenvalue weighted by atomic mass is 19.3. The van der Waals surface area contributed by atoms with Crippen LogP contribution in [0.2, 0.25) is 0 Å². The van der Waals surface area contributed by atoms with E-state index in [0.29, 0.717) is 32.6 Å². The largest absolute Gasteiger partial charge is 0.496 e. The van der Waals surface area contributed by atoms with Crippen LogP contribution in [0.15, 0.2) is 42.6 Å². The van der Waals surface area contributed by atoms with Crippen molar-refractivity contribution in [2.75, 3.05) is 26.7 Å². The molecule has 1 aliphatic heterocycles. The van der Waals surface area contributed by atoms with Crippen LogP contribution in [-0.2, 0) is 6.54 Å². The number of alkyl halides is 2. The van der Waals surface area contributed by atoms with Crippen molar-refractivity contribution in [2.24, 2.45) is 0 Å². The molecule has 0 spiro atoms. The number of ether oxygens (including phenoxy) is 1. The first-order chi connectivity index (χ1) is 16.3. The second kappa shape index (κ2) is 10.1. The van der Waals surface area contributed by atoms with E-state index in [9.17, 15) is 18.7 Å². The van der Waals surface area contributed by atoms with Gasteiger partial charge >= 0.3 is 5.97 Å². The molecular formula is C26H32F2N3O3+. The monoisotopic (exact) mass is 472 g/mol. The molecule has 34 heavy (non-hydrogen) atoms. The van der Waals surface area contributed by atoms with Crippen molar-refractivity contribution < 1.29 is 28.7 Å². The lowest BCUT2D eigenvalue weighted by Gasteiger charge is -2.33. The summed E-state index contributed by atoms with van der Waals surface area (Å²) in [5.41, 5.74) is 4.34. The number of aromatic carboxylic acids is 1. The molecule has 1 aliphatic rings. The first-order valence-electron chi connectivity index (χ1n) is 11.7. The number of aryl methyl sites for hydroxylation is 1. The van der Waals surface area contributed by atoms with Crippen LogP contribution in [-0.4, -0.2) is 53.6 Å². The molecule has 2 aromatic carbocycles. The number of fused-ring (bicyclic) bond motifs is 1. The first-order valence-corrected chi connectivity index (χ1v) is 11.7. The number of aromatic amines is 1. The number of nitrogens with zero attached hydrogens (tertiary/aromatic N) is 1. The van der Waals surface area contributed by atoms with Gasteiger partial charge in [0.1, 0.15) is 5.75 Å². The average molecular weight is 473 g/mol. The van der Waals surface area contributed by atoms with Crippen LogP contribution < -0.4 is 10.1 Å². The Labute approximate surface area is 197 Å². The number of hydrogen-bond acceptors (Lipinski definition) is 3. The normalized spacial score (nSPS) is 19.7. The summed E-state index contributed by atoms with van der Waals surface area (Å²) in [7, 11) is 1.65. The smallest absolute Gasteiger partial charge is 0.335 e. The van der Waals surface area contributed by atoms with Crippen molar-refractivity contribution in [1.82, 2.24) is 9.88 Å². The molecule has 1 saturated heterocycles. The summed E-state index contributed by atoms with van der Waals surface area (Å²) in [6.07, 6.45) is 2.00. The number of methoxy groups -OCH3 is 1. The van der Waals surface area contributed by atoms with Gasteiger partial charge in [-0.1, -0.05) is 12.1 Å². The molecule has 1 atom stereocenters. The fraction of sp³-hybridized carbons (Fsp3) is 0.423. The highest BCUT2D eigenvalue weighted by Crippen LogP contribution is 2.34. The zero-order chi connectivity index (χ0) is 24.3. The quantitative estimate of drug-likeness (QED) is 0.522. The van der Waals surface area contributed by atoms with Crippen LogP contribution in [0.5, 0.6) is 5.75 Å². The summed E-state index contributed by atoms with van der Waals surface area (Å²) in [6, 6.07) is 10.9. The molecule has 0 bridgehead atoms. The number of nitrogens with two attached hydrogens (primary N) is 1. The Bertz CT molecular complexity index is 1140. The molecule has 0 saturated carbocycles. The van der Waals surface area contributed by atoms with Crippen molar-refractivity contribution in [3.63, 3.8) is 0 Å². The number of H-pyrrole nitrogens is 1. The van der Waals surface area contributed by atoms with Crippen LogP contribution in [0.3, 0.4) is 0 Å². The zero-order valence-electron chi connectivity index (χ0n) is 19.6. The number of aromatic nitrogens is 1. The first kappa shape index (κ1) is 24.2. The number of rotatable bonds is 5. The summed E-state index contributed by atoms with van der Waals surface area (Å²) >= 11 is 0. The van der Waals surface area contributed by atoms with Crippen molar-refractivity contribution in [1.29, 1.82) is 0 Å². The number of carboxylic acids is 1. The summed E-state index contributed by atoms with van der Waals surface area (Å²) in [5, 5.41) is 12.3. The van der Waals surface area contributed by atoms with Crippen LogP contribution in [0.4, 0.5) is 8.78 Å². The standard InChI is InChI=1S/C26H31F2N3O3/c1-17-14-23(34-2)21(20-8-11-30-24(17)20)16-31-13-3-9-26(27,28)10-12-29-15-22(31)18-4-6-19(7-5-18)25(32)33/h4-8,11,14,22,29-30H,3,9-10,12-13,15-16H2,1-2H3,(H,32,33)/p+1. The average Bonchev–Trinajstić information content (AvgIpc) is 3.30. The molecule has 6 nitrogen and oxygen atoms in total. The molecule has 1 unspecified atom stereocenters. The molecule has 2 heterocycles. The van der Waals surface area contributed by atoms with Gasteiger partial charge in [0.25, 0.3) is 5.92 Å². The zero-order valence-corrected chi connectivity index (χ0v) is 19.6. The third-order valence-corrected chi connectivity index (χ3v) is 6.77. The Balaban J connectivity index is 1.72. The van der Waals surface area contributed by atoms with Gasteiger partial charge < -0.3 is 20.1 Å². The maximum absolute atomic E-state index is 14.3. The Hall–Kier alpha value is -2.97. The summed E-state index contributed by atoms with van der Waals surface area (Å²) < 4.78 is 34.3. The van der Waals surface area contributed by atoms with Gasteiger partial charge in [0.15, 0.2) is 0 Å². The number of carbonyl (C=O) groups is 1. The minimum absolute atomic E-state index is 0.0606. The van der Waals surface area contributed by atoms with E-state index in [4.69, 9.17) is 4.74 Å². The highest BCUT2D eigenvalue weighted by molar-refractivity contribution is 5.88. The van der Waals surface area contributed by atoms with E-state index in [1.807, 2.05) is 42.7 Å². The summed E-state index contributed by atoms with van der Waals surface area (Å²) in [4.78, 5) is 16.9. The number of carboxylic acid groups (broad SMARTS) is 1. The van der Waals surface area contributed by atoms with Gasteiger partial charge in [-0.25, -0.2) is 13.6 Å². The highest BCUT2D eigenvalue weighted by Gasteiger charge is 2.32. The van der Waals surface area contributed by atoms with E-state index in [1.165, 1.54) is 0 Å². The molecule has 0 aliphatic carbocycles. The van der Waals surface area contributed by atoms with Gasteiger partial charge in [-0.2, -0.15) is 0 Å². The van der Waals surface area contributed by atoms with Crippen LogP contribution in [0.1, 0.15) is 52.4 Å². The molecule has 1 fully saturated rings. The van der Waals surface area contributed by atoms with Gasteiger partial charge in [-0.05, 0) is 55.3 Å². The summed E-state index contributed by atoms with van der Waals surface area (Å²) in [6.45, 7) is 4.01. The molecule has 8 heteroatoms. The molecular weight excluding hydrogens is 440 g/mol. The molecule has 3 aromatic rings. The molecule has 4 N–H and O–H groups in total. The van der Waals surface area contributed by atoms with Gasteiger partial charge in [0.2, 0.25) is 0 Å². The van der Waals surface area contributed by atoms with Crippen molar-refractivity contribution >= 4 is 16.9 Å². The molecule has 182 valence electrons. The fourth-order valence-electron chi connectivity index (χ4n) is 4.93. The van der Waals surface area contributed by atoms with Gasteiger partial charge in [0, 0.05) is 35.6 Å². The van der Waals surface area contributed by atoms with Crippen molar-refractivity contribution in [3.05, 3.63) is 64.8 Å². The SMILES string of the molecule is COc1cc(C)c2[nH]ccc2c1CN1CCCC(F)(F)CC[NH2+]CC1c1ccc(C(=O)O)cc1. The van der Waals surface area contributed by atoms with E-state index >= 15 is 0 Å². The number of quaternary nitrogens is 1. The fourth-order valence-corrected chi connectivity index (χ4v) is 4.93. The van der Waals surface area contributed by atoms with Gasteiger partial charge in [0.05, 0.1) is 38.2 Å². The summed E-state index contributed by atoms with van der Waals surface area (Å²) in [5.74, 6) is -2.86. The Morgan fingerprint density at radius 3 is 2.74 bits per heavy atom. The third-order valence-electron chi connectivity index (χ3n) is 6.77. The second-order valence-corrected chi connectivity index (χ2v) is 9.08. The predicted octanol–water partition coefficient (Wildman–Crippen LogP) is 4.11. The molecule has 0 radical (unpaired) electrons. The molecule has 4 rings (SSSR count). The van der Waals surface area contributed by atoms with E-state index < -0.39 is 11.9 Å². The number of hydrogen-bond donors (Lipinski definition) is 3. The lowest BCUT2D eigenvalue weighted by Crippen LogP contribution is -2.86. The van der Waals surface area contributed by atoms with Crippen LogP contribution in [0, 0.1) is 6.92 Å². The van der Waals surface area contributed by atoms with E-state index in [1.54, 1.807) is 19.2 Å². The number of halogens is 2. The van der Waals surface area contributed by atoms with Gasteiger partial charge in [-0.3, -0.25) is 4.90 Å². The number of benzene rings is 2. The Morgan fingerprint density at radius 2 is 2.03 bits per heavy atom. The predicted molar refractivity (Wildman–Crippen MR) is 127 cm³/mol. The Morgan fingerprint density at radius 1 is 1.26 bits per heavy atom. The Kier molecular flexibility index (Phi) is 7.19. The molecule has 1 aromatic heterocycles. The minimum atomic E-state index is -2.66. The van der Waals surface area contributed by atoms with E-state index in [-0.39, 0.29) is 24.4 Å². The second-order valence-electron chi connectivity index (χ2n) is 9.08. The third kappa shape index (κ3) is 5.23. The topological polar surface area (TPSA) is 82.2 Å². The van der Waals surface area contributed by atoms with Crippen LogP contribution in [0.25, 0.3) is 10.9 Å². The number of nitrogens with one attached hydrogen (secondary N) is 1.